The molecule has 0 spiro atoms. The summed E-state index contributed by atoms with van der Waals surface area (Å²) in [5.41, 5.74) is -3.52. The first-order valence-corrected chi connectivity index (χ1v) is 5.26. The average molecular weight is 250 g/mol. The Morgan fingerprint density at radius 1 is 0.688 bits per heavy atom. The van der Waals surface area contributed by atoms with Crippen LogP contribution in [0, 0.1) is 5.41 Å². The Hall–Kier alpha value is -0.420. The summed E-state index contributed by atoms with van der Waals surface area (Å²) in [4.78, 5) is 0. The molecule has 0 saturated heterocycles. The zero-order valence-electron chi connectivity index (χ0n) is 9.30. The minimum Gasteiger partial charge on any atom is -0.170 e. The summed E-state index contributed by atoms with van der Waals surface area (Å²) in [6.45, 7) is 2.90. The Balaban J connectivity index is 5.23. The second-order valence-electron chi connectivity index (χ2n) is 3.93. The van der Waals surface area contributed by atoms with Crippen LogP contribution in [0.15, 0.2) is 0 Å². The van der Waals surface area contributed by atoms with Crippen LogP contribution in [0.25, 0.3) is 0 Å². The van der Waals surface area contributed by atoms with Gasteiger partial charge in [0.1, 0.15) is 0 Å². The minimum absolute atomic E-state index is 0.0704. The van der Waals surface area contributed by atoms with Gasteiger partial charge in [0.15, 0.2) is 5.41 Å². The predicted molar refractivity (Wildman–Crippen MR) is 49.0 cm³/mol. The van der Waals surface area contributed by atoms with Gasteiger partial charge in [-0.3, -0.25) is 0 Å². The van der Waals surface area contributed by atoms with Gasteiger partial charge < -0.3 is 0 Å². The molecule has 0 bridgehead atoms. The van der Waals surface area contributed by atoms with E-state index in [0.717, 1.165) is 0 Å². The van der Waals surface area contributed by atoms with Gasteiger partial charge in [-0.05, 0) is 12.8 Å². The van der Waals surface area contributed by atoms with Crippen LogP contribution in [-0.2, 0) is 0 Å². The Bertz CT molecular complexity index is 188. The predicted octanol–water partition coefficient (Wildman–Crippen LogP) is 5.09. The van der Waals surface area contributed by atoms with E-state index < -0.39 is 30.6 Å². The maximum atomic E-state index is 12.7. The van der Waals surface area contributed by atoms with Crippen LogP contribution < -0.4 is 0 Å². The van der Waals surface area contributed by atoms with Crippen molar-refractivity contribution in [1.29, 1.82) is 0 Å². The molecule has 0 aliphatic rings. The fourth-order valence-electron chi connectivity index (χ4n) is 1.76. The van der Waals surface area contributed by atoms with E-state index in [2.05, 4.69) is 0 Å². The van der Waals surface area contributed by atoms with Gasteiger partial charge in [0.25, 0.3) is 0 Å². The molecule has 0 aromatic carbocycles. The van der Waals surface area contributed by atoms with Crippen molar-refractivity contribution < 1.29 is 26.3 Å². The van der Waals surface area contributed by atoms with Crippen LogP contribution in [0.4, 0.5) is 26.3 Å². The molecule has 98 valence electrons. The molecule has 0 rings (SSSR count). The first-order valence-electron chi connectivity index (χ1n) is 5.26. The van der Waals surface area contributed by atoms with Crippen LogP contribution >= 0.6 is 0 Å². The number of unbranched alkanes of at least 4 members (excludes halogenated alkanes) is 1. The van der Waals surface area contributed by atoms with E-state index in [9.17, 15) is 26.3 Å². The molecule has 0 aliphatic carbocycles. The number of rotatable bonds is 5. The molecule has 0 radical (unpaired) electrons. The van der Waals surface area contributed by atoms with Gasteiger partial charge in [-0.1, -0.05) is 33.1 Å². The highest BCUT2D eigenvalue weighted by Gasteiger charge is 2.68. The highest BCUT2D eigenvalue weighted by atomic mass is 19.4. The molecule has 0 saturated carbocycles. The summed E-state index contributed by atoms with van der Waals surface area (Å²) in [7, 11) is 0. The zero-order chi connectivity index (χ0) is 13.0. The van der Waals surface area contributed by atoms with Crippen LogP contribution in [-0.4, -0.2) is 12.4 Å². The summed E-state index contributed by atoms with van der Waals surface area (Å²) < 4.78 is 76.0. The molecular formula is C10H16F6. The fourth-order valence-corrected chi connectivity index (χ4v) is 1.76. The maximum absolute atomic E-state index is 12.7. The third-order valence-electron chi connectivity index (χ3n) is 2.72. The van der Waals surface area contributed by atoms with Crippen molar-refractivity contribution in [3.05, 3.63) is 0 Å². The highest BCUT2D eigenvalue weighted by Crippen LogP contribution is 2.56. The second-order valence-corrected chi connectivity index (χ2v) is 3.93. The maximum Gasteiger partial charge on any atom is 0.403 e. The highest BCUT2D eigenvalue weighted by molar-refractivity contribution is 4.92. The van der Waals surface area contributed by atoms with E-state index in [1.807, 2.05) is 0 Å². The van der Waals surface area contributed by atoms with Crippen molar-refractivity contribution in [2.24, 2.45) is 5.41 Å². The Kier molecular flexibility index (Phi) is 5.14. The van der Waals surface area contributed by atoms with Crippen LogP contribution in [0.1, 0.15) is 46.0 Å². The SMILES string of the molecule is CCCCC(CCC)(C(F)(F)F)C(F)(F)F. The molecule has 0 N–H and O–H groups in total. The van der Waals surface area contributed by atoms with E-state index in [1.165, 1.54) is 6.92 Å². The van der Waals surface area contributed by atoms with Crippen LogP contribution in [0.3, 0.4) is 0 Å². The topological polar surface area (TPSA) is 0 Å². The number of alkyl halides is 6. The van der Waals surface area contributed by atoms with Crippen LogP contribution in [0.5, 0.6) is 0 Å². The molecule has 6 heteroatoms. The standard InChI is InChI=1S/C10H16F6/c1-3-5-7-8(6-4-2,9(11,12)13)10(14,15)16/h3-7H2,1-2H3. The third kappa shape index (κ3) is 3.04. The van der Waals surface area contributed by atoms with Gasteiger partial charge in [0.2, 0.25) is 0 Å². The number of halogens is 6. The first kappa shape index (κ1) is 15.6. The molecule has 16 heavy (non-hydrogen) atoms. The molecule has 0 aliphatic heterocycles. The van der Waals surface area contributed by atoms with Gasteiger partial charge in [-0.2, -0.15) is 26.3 Å². The summed E-state index contributed by atoms with van der Waals surface area (Å²) in [6, 6.07) is 0. The van der Waals surface area contributed by atoms with Gasteiger partial charge in [0, 0.05) is 0 Å². The molecule has 0 aromatic rings. The van der Waals surface area contributed by atoms with Crippen LogP contribution in [0.2, 0.25) is 0 Å². The number of hydrogen-bond acceptors (Lipinski definition) is 0. The van der Waals surface area contributed by atoms with Gasteiger partial charge >= 0.3 is 12.4 Å². The van der Waals surface area contributed by atoms with Crippen molar-refractivity contribution in [3.8, 4) is 0 Å². The first-order chi connectivity index (χ1) is 7.12. The average Bonchev–Trinajstić information content (AvgIpc) is 2.08. The molecule has 0 nitrogen and oxygen atoms in total. The summed E-state index contributed by atoms with van der Waals surface area (Å²) in [5, 5.41) is 0. The van der Waals surface area contributed by atoms with E-state index in [1.54, 1.807) is 6.92 Å². The van der Waals surface area contributed by atoms with Crippen molar-refractivity contribution in [3.63, 3.8) is 0 Å². The van der Waals surface area contributed by atoms with Crippen molar-refractivity contribution in [1.82, 2.24) is 0 Å². The largest absolute Gasteiger partial charge is 0.403 e. The fraction of sp³-hybridized carbons (Fsp3) is 1.00. The van der Waals surface area contributed by atoms with Crippen molar-refractivity contribution >= 4 is 0 Å². The lowest BCUT2D eigenvalue weighted by atomic mass is 9.77. The Labute approximate surface area is 91.0 Å². The summed E-state index contributed by atoms with van der Waals surface area (Å²) >= 11 is 0. The quantitative estimate of drug-likeness (QED) is 0.596. The molecule has 0 atom stereocenters. The lowest BCUT2D eigenvalue weighted by molar-refractivity contribution is -0.346. The van der Waals surface area contributed by atoms with E-state index in [-0.39, 0.29) is 12.8 Å². The van der Waals surface area contributed by atoms with Gasteiger partial charge in [-0.15, -0.1) is 0 Å². The monoisotopic (exact) mass is 250 g/mol. The lowest BCUT2D eigenvalue weighted by Crippen LogP contribution is -2.49. The van der Waals surface area contributed by atoms with E-state index >= 15 is 0 Å². The zero-order valence-corrected chi connectivity index (χ0v) is 9.30. The lowest BCUT2D eigenvalue weighted by Gasteiger charge is -2.37. The molecule has 0 unspecified atom stereocenters. The molecule has 0 aromatic heterocycles. The van der Waals surface area contributed by atoms with Crippen molar-refractivity contribution in [2.45, 2.75) is 58.3 Å². The minimum atomic E-state index is -5.23. The van der Waals surface area contributed by atoms with E-state index in [4.69, 9.17) is 0 Å². The van der Waals surface area contributed by atoms with Crippen molar-refractivity contribution in [2.75, 3.05) is 0 Å². The molecular weight excluding hydrogens is 234 g/mol. The second kappa shape index (κ2) is 5.27. The van der Waals surface area contributed by atoms with Gasteiger partial charge in [-0.25, -0.2) is 0 Å². The van der Waals surface area contributed by atoms with Gasteiger partial charge in [0.05, 0.1) is 0 Å². The smallest absolute Gasteiger partial charge is 0.170 e. The summed E-state index contributed by atoms with van der Waals surface area (Å²) in [6.07, 6.45) is -12.1. The Morgan fingerprint density at radius 3 is 1.38 bits per heavy atom. The Morgan fingerprint density at radius 2 is 1.12 bits per heavy atom. The third-order valence-corrected chi connectivity index (χ3v) is 2.72. The summed E-state index contributed by atoms with van der Waals surface area (Å²) in [5.74, 6) is 0. The normalized spacial score (nSPS) is 14.2. The van der Waals surface area contributed by atoms with E-state index in [0.29, 0.717) is 6.42 Å². The molecule has 0 fully saturated rings. The molecule has 0 amide bonds. The number of hydrogen-bond donors (Lipinski definition) is 0. The molecule has 0 heterocycles.